The molecule has 1 N–H and O–H groups in total. The predicted molar refractivity (Wildman–Crippen MR) is 100 cm³/mol. The molecule has 0 bridgehead atoms. The number of benzene rings is 2. The first-order valence-corrected chi connectivity index (χ1v) is 8.99. The Morgan fingerprint density at radius 1 is 1.11 bits per heavy atom. The Morgan fingerprint density at radius 3 is 2.30 bits per heavy atom. The van der Waals surface area contributed by atoms with Gasteiger partial charge < -0.3 is 0 Å². The Labute approximate surface area is 157 Å². The summed E-state index contributed by atoms with van der Waals surface area (Å²) in [5, 5.41) is 2.36. The molecule has 1 heterocycles. The normalized spacial score (nSPS) is 19.3. The molecule has 3 nitrogen and oxygen atoms in total. The number of carbonyl (C=O) groups excluding carboxylic acids is 1. The van der Waals surface area contributed by atoms with Gasteiger partial charge in [0.1, 0.15) is 0 Å². The molecule has 146 valence electrons. The average Bonchev–Trinajstić information content (AvgIpc) is 2.77. The predicted octanol–water partition coefficient (Wildman–Crippen LogP) is 5.26. The van der Waals surface area contributed by atoms with Crippen molar-refractivity contribution in [3.8, 4) is 0 Å². The quantitative estimate of drug-likeness (QED) is 0.773. The smallest absolute Gasteiger partial charge is 0.287 e. The lowest BCUT2D eigenvalue weighted by Crippen LogP contribution is -2.51. The fourth-order valence-corrected chi connectivity index (χ4v) is 3.69. The zero-order valence-electron chi connectivity index (χ0n) is 16.2. The van der Waals surface area contributed by atoms with Gasteiger partial charge in [0.15, 0.2) is 6.04 Å². The van der Waals surface area contributed by atoms with Crippen molar-refractivity contribution in [3.63, 3.8) is 0 Å². The van der Waals surface area contributed by atoms with E-state index in [0.717, 1.165) is 16.0 Å². The second-order valence-electron chi connectivity index (χ2n) is 8.87. The SMILES string of the molecule is CC(C)(C)c1ccc2c([C@H](N3NC(=O)CC3(C)C)C(F)(F)F)cccc2c1. The molecule has 2 aromatic carbocycles. The topological polar surface area (TPSA) is 32.3 Å². The summed E-state index contributed by atoms with van der Waals surface area (Å²) in [6.07, 6.45) is -4.51. The second-order valence-corrected chi connectivity index (χ2v) is 8.87. The van der Waals surface area contributed by atoms with Crippen molar-refractivity contribution < 1.29 is 18.0 Å². The molecular weight excluding hydrogens is 353 g/mol. The molecule has 6 heteroatoms. The standard InChI is InChI=1S/C21H25F3N2O/c1-19(2,3)14-9-10-15-13(11-14)7-6-8-16(15)18(21(22,23)24)26-20(4,5)12-17(27)25-26/h6-11,18H,12H2,1-5H3,(H,25,27)/t18-/m0/s1. The van der Waals surface area contributed by atoms with Crippen LogP contribution in [0, 0.1) is 0 Å². The highest BCUT2D eigenvalue weighted by atomic mass is 19.4. The third kappa shape index (κ3) is 3.68. The van der Waals surface area contributed by atoms with Crippen LogP contribution in [0.15, 0.2) is 36.4 Å². The first-order chi connectivity index (χ1) is 12.3. The molecule has 0 aromatic heterocycles. The number of halogens is 3. The zero-order valence-corrected chi connectivity index (χ0v) is 16.2. The highest BCUT2D eigenvalue weighted by molar-refractivity contribution is 5.87. The third-order valence-electron chi connectivity index (χ3n) is 5.13. The molecule has 0 saturated carbocycles. The van der Waals surface area contributed by atoms with Crippen LogP contribution in [0.5, 0.6) is 0 Å². The van der Waals surface area contributed by atoms with Crippen molar-refractivity contribution in [3.05, 3.63) is 47.5 Å². The lowest BCUT2D eigenvalue weighted by atomic mass is 9.85. The van der Waals surface area contributed by atoms with E-state index in [0.29, 0.717) is 5.39 Å². The van der Waals surface area contributed by atoms with Gasteiger partial charge in [-0.15, -0.1) is 0 Å². The summed E-state index contributed by atoms with van der Waals surface area (Å²) in [4.78, 5) is 11.8. The number of carbonyl (C=O) groups is 1. The summed E-state index contributed by atoms with van der Waals surface area (Å²) in [5.74, 6) is -0.399. The van der Waals surface area contributed by atoms with Crippen LogP contribution in [0.1, 0.15) is 58.2 Å². The number of alkyl halides is 3. The summed E-state index contributed by atoms with van der Waals surface area (Å²) in [6, 6.07) is 8.64. The van der Waals surface area contributed by atoms with Gasteiger partial charge in [-0.1, -0.05) is 57.2 Å². The average molecular weight is 378 g/mol. The van der Waals surface area contributed by atoms with Gasteiger partial charge in [0.25, 0.3) is 0 Å². The number of nitrogens with zero attached hydrogens (tertiary/aromatic N) is 1. The Kier molecular flexibility index (Phi) is 4.54. The number of fused-ring (bicyclic) bond motifs is 1. The number of hydrogen-bond acceptors (Lipinski definition) is 2. The molecule has 2 aromatic rings. The molecule has 1 amide bonds. The van der Waals surface area contributed by atoms with Gasteiger partial charge in [-0.2, -0.15) is 18.2 Å². The minimum Gasteiger partial charge on any atom is -0.287 e. The first-order valence-electron chi connectivity index (χ1n) is 8.99. The second kappa shape index (κ2) is 6.23. The summed E-state index contributed by atoms with van der Waals surface area (Å²) in [6.45, 7) is 9.50. The molecule has 1 fully saturated rings. The van der Waals surface area contributed by atoms with Crippen molar-refractivity contribution in [1.29, 1.82) is 0 Å². The van der Waals surface area contributed by atoms with Crippen LogP contribution < -0.4 is 5.43 Å². The lowest BCUT2D eigenvalue weighted by molar-refractivity contribution is -0.203. The van der Waals surface area contributed by atoms with Crippen LogP contribution in [-0.4, -0.2) is 22.6 Å². The summed E-state index contributed by atoms with van der Waals surface area (Å²) in [7, 11) is 0. The number of rotatable bonds is 2. The maximum atomic E-state index is 14.1. The zero-order chi connectivity index (χ0) is 20.2. The van der Waals surface area contributed by atoms with Gasteiger partial charge in [-0.05, 0) is 41.2 Å². The number of hydrazine groups is 1. The molecule has 27 heavy (non-hydrogen) atoms. The molecule has 0 aliphatic carbocycles. The van der Waals surface area contributed by atoms with Crippen molar-refractivity contribution >= 4 is 16.7 Å². The van der Waals surface area contributed by atoms with E-state index in [2.05, 4.69) is 26.2 Å². The molecule has 1 aliphatic heterocycles. The summed E-state index contributed by atoms with van der Waals surface area (Å²) in [5.41, 5.74) is 2.60. The van der Waals surface area contributed by atoms with E-state index >= 15 is 0 Å². The van der Waals surface area contributed by atoms with Crippen molar-refractivity contribution in [1.82, 2.24) is 10.4 Å². The largest absolute Gasteiger partial charge is 0.409 e. The van der Waals surface area contributed by atoms with Crippen LogP contribution in [0.3, 0.4) is 0 Å². The molecule has 1 saturated heterocycles. The van der Waals surface area contributed by atoms with E-state index in [1.807, 2.05) is 18.2 Å². The van der Waals surface area contributed by atoms with Crippen LogP contribution in [-0.2, 0) is 10.2 Å². The Balaban J connectivity index is 2.19. The maximum Gasteiger partial charge on any atom is 0.409 e. The van der Waals surface area contributed by atoms with E-state index < -0.39 is 23.7 Å². The minimum absolute atomic E-state index is 0.0263. The van der Waals surface area contributed by atoms with Gasteiger partial charge in [0.2, 0.25) is 5.91 Å². The third-order valence-corrected chi connectivity index (χ3v) is 5.13. The Bertz CT molecular complexity index is 881. The van der Waals surface area contributed by atoms with E-state index in [9.17, 15) is 18.0 Å². The van der Waals surface area contributed by atoms with Crippen molar-refractivity contribution in [2.24, 2.45) is 0 Å². The molecule has 3 rings (SSSR count). The number of hydrogen-bond donors (Lipinski definition) is 1. The fourth-order valence-electron chi connectivity index (χ4n) is 3.69. The van der Waals surface area contributed by atoms with Crippen LogP contribution in [0.2, 0.25) is 0 Å². The van der Waals surface area contributed by atoms with Gasteiger partial charge in [0.05, 0.1) is 0 Å². The molecule has 0 spiro atoms. The number of amides is 1. The summed E-state index contributed by atoms with van der Waals surface area (Å²) >= 11 is 0. The van der Waals surface area contributed by atoms with Crippen molar-refractivity contribution in [2.75, 3.05) is 0 Å². The highest BCUT2D eigenvalue weighted by Crippen LogP contribution is 2.45. The van der Waals surface area contributed by atoms with Crippen LogP contribution in [0.25, 0.3) is 10.8 Å². The Morgan fingerprint density at radius 2 is 1.78 bits per heavy atom. The molecular formula is C21H25F3N2O. The van der Waals surface area contributed by atoms with E-state index in [-0.39, 0.29) is 17.4 Å². The summed E-state index contributed by atoms with van der Waals surface area (Å²) < 4.78 is 42.4. The van der Waals surface area contributed by atoms with E-state index in [1.165, 1.54) is 6.07 Å². The molecule has 1 aliphatic rings. The maximum absolute atomic E-state index is 14.1. The van der Waals surface area contributed by atoms with Crippen LogP contribution in [0.4, 0.5) is 13.2 Å². The lowest BCUT2D eigenvalue weighted by Gasteiger charge is -2.38. The van der Waals surface area contributed by atoms with Gasteiger partial charge in [0, 0.05) is 12.0 Å². The van der Waals surface area contributed by atoms with E-state index in [1.54, 1.807) is 26.0 Å². The van der Waals surface area contributed by atoms with Gasteiger partial charge >= 0.3 is 6.18 Å². The van der Waals surface area contributed by atoms with Crippen LogP contribution >= 0.6 is 0 Å². The van der Waals surface area contributed by atoms with Gasteiger partial charge in [-0.25, -0.2) is 0 Å². The molecule has 0 radical (unpaired) electrons. The van der Waals surface area contributed by atoms with E-state index in [4.69, 9.17) is 0 Å². The number of nitrogens with one attached hydrogen (secondary N) is 1. The van der Waals surface area contributed by atoms with Gasteiger partial charge in [-0.3, -0.25) is 10.2 Å². The fraction of sp³-hybridized carbons (Fsp3) is 0.476. The highest BCUT2D eigenvalue weighted by Gasteiger charge is 2.53. The monoisotopic (exact) mass is 378 g/mol. The van der Waals surface area contributed by atoms with Crippen molar-refractivity contribution in [2.45, 2.75) is 64.2 Å². The Hall–Kier alpha value is -2.08. The molecule has 1 atom stereocenters. The first kappa shape index (κ1) is 19.7. The minimum atomic E-state index is -4.54. The molecule has 0 unspecified atom stereocenters.